The van der Waals surface area contributed by atoms with Crippen LogP contribution in [0.4, 0.5) is 11.4 Å². The summed E-state index contributed by atoms with van der Waals surface area (Å²) in [5.41, 5.74) is 11.1. The van der Waals surface area contributed by atoms with Gasteiger partial charge in [0.05, 0.1) is 50.0 Å². The van der Waals surface area contributed by atoms with Crippen molar-refractivity contribution in [2.75, 3.05) is 102 Å². The Hall–Kier alpha value is -7.96. The van der Waals surface area contributed by atoms with E-state index in [2.05, 4.69) is 117 Å². The fraction of sp³-hybridized carbons (Fsp3) is 0.389. The number of carbonyl (C=O) groups is 2. The van der Waals surface area contributed by atoms with Gasteiger partial charge in [-0.1, -0.05) is 133 Å². The predicted molar refractivity (Wildman–Crippen MR) is 344 cm³/mol. The van der Waals surface area contributed by atoms with Gasteiger partial charge < -0.3 is 39.3 Å². The number of imidazole rings is 2. The van der Waals surface area contributed by atoms with Gasteiger partial charge in [-0.2, -0.15) is 0 Å². The predicted octanol–water partition coefficient (Wildman–Crippen LogP) is 9.73. The Labute approximate surface area is 517 Å². The third-order valence-corrected chi connectivity index (χ3v) is 18.5. The van der Waals surface area contributed by atoms with Gasteiger partial charge in [0.15, 0.2) is 11.4 Å². The normalized spacial score (nSPS) is 20.1. The summed E-state index contributed by atoms with van der Waals surface area (Å²) in [5, 5.41) is 22.0. The van der Waals surface area contributed by atoms with E-state index in [0.717, 1.165) is 163 Å². The van der Waals surface area contributed by atoms with E-state index in [-0.39, 0.29) is 36.1 Å². The quantitative estimate of drug-likeness (QED) is 0.0843. The molecule has 8 aromatic rings. The van der Waals surface area contributed by atoms with Crippen molar-refractivity contribution in [1.82, 2.24) is 38.7 Å². The Morgan fingerprint density at radius 3 is 1.18 bits per heavy atom. The molecule has 88 heavy (non-hydrogen) atoms. The fourth-order valence-electron chi connectivity index (χ4n) is 13.4. The number of morpholine rings is 2. The number of aliphatic hydroxyl groups excluding tert-OH is 2. The monoisotopic (exact) mass is 1180 g/mol. The summed E-state index contributed by atoms with van der Waals surface area (Å²) in [6, 6.07) is 57.8. The summed E-state index contributed by atoms with van der Waals surface area (Å²) in [6.45, 7) is 12.2. The van der Waals surface area contributed by atoms with Crippen molar-refractivity contribution in [3.8, 4) is 33.9 Å². The lowest BCUT2D eigenvalue weighted by Gasteiger charge is -2.42. The van der Waals surface area contributed by atoms with Crippen LogP contribution < -0.4 is 9.80 Å². The number of hydrogen-bond donors (Lipinski definition) is 2. The number of aromatic nitrogens is 4. The van der Waals surface area contributed by atoms with E-state index in [1.165, 1.54) is 11.1 Å². The van der Waals surface area contributed by atoms with E-state index >= 15 is 0 Å². The number of aliphatic hydroxyl groups is 2. The molecule has 4 saturated heterocycles. The van der Waals surface area contributed by atoms with Crippen LogP contribution in [0.1, 0.15) is 70.6 Å². The number of piperazine rings is 2. The molecule has 2 saturated carbocycles. The molecule has 16 heteroatoms. The smallest absolute Gasteiger partial charge is 0.275 e. The molecule has 456 valence electrons. The lowest BCUT2D eigenvalue weighted by molar-refractivity contribution is 0.0237. The van der Waals surface area contributed by atoms with E-state index in [1.807, 2.05) is 91.7 Å². The van der Waals surface area contributed by atoms with Crippen LogP contribution >= 0.6 is 0 Å². The third kappa shape index (κ3) is 14.0. The van der Waals surface area contributed by atoms with Crippen molar-refractivity contribution in [1.29, 1.82) is 0 Å². The molecular formula is C72H82N10O6. The number of amides is 2. The van der Waals surface area contributed by atoms with Crippen molar-refractivity contribution in [3.63, 3.8) is 0 Å². The van der Waals surface area contributed by atoms with Gasteiger partial charge in [0.25, 0.3) is 11.8 Å². The zero-order valence-corrected chi connectivity index (χ0v) is 50.3. The fourth-order valence-corrected chi connectivity index (χ4v) is 13.4. The molecule has 2 aromatic heterocycles. The number of hydrogen-bond acceptors (Lipinski definition) is 12. The van der Waals surface area contributed by atoms with Gasteiger partial charge in [-0.3, -0.25) is 28.5 Å². The molecule has 6 aliphatic rings. The molecule has 4 atom stereocenters. The van der Waals surface area contributed by atoms with Gasteiger partial charge in [-0.25, -0.2) is 9.97 Å². The zero-order chi connectivity index (χ0) is 59.8. The largest absolute Gasteiger partial charge is 0.393 e. The van der Waals surface area contributed by atoms with Crippen molar-refractivity contribution in [2.24, 2.45) is 11.8 Å². The Morgan fingerprint density at radius 2 is 0.807 bits per heavy atom. The average molecular weight is 1180 g/mol. The highest BCUT2D eigenvalue weighted by atomic mass is 16.5. The third-order valence-electron chi connectivity index (χ3n) is 18.5. The molecule has 6 aromatic carbocycles. The van der Waals surface area contributed by atoms with Crippen LogP contribution in [0.25, 0.3) is 33.9 Å². The minimum Gasteiger partial charge on any atom is -0.393 e. The van der Waals surface area contributed by atoms with Crippen molar-refractivity contribution in [3.05, 3.63) is 205 Å². The van der Waals surface area contributed by atoms with E-state index in [0.29, 0.717) is 49.2 Å². The molecule has 2 aliphatic carbocycles. The lowest BCUT2D eigenvalue weighted by atomic mass is 10.00. The van der Waals surface area contributed by atoms with Crippen molar-refractivity contribution in [2.45, 2.75) is 75.9 Å². The summed E-state index contributed by atoms with van der Waals surface area (Å²) < 4.78 is 15.2. The molecule has 0 radical (unpaired) electrons. The Bertz CT molecular complexity index is 3330. The first kappa shape index (κ1) is 59.0. The number of carbonyl (C=O) groups excluding carboxylic acids is 2. The highest BCUT2D eigenvalue weighted by Gasteiger charge is 2.41. The summed E-state index contributed by atoms with van der Waals surface area (Å²) in [4.78, 5) is 52.1. The number of rotatable bonds is 18. The Morgan fingerprint density at radius 1 is 0.443 bits per heavy atom. The van der Waals surface area contributed by atoms with Gasteiger partial charge in [-0.15, -0.1) is 0 Å². The molecule has 6 fully saturated rings. The minimum absolute atomic E-state index is 0.0701. The Balaban J connectivity index is 0.000000162. The van der Waals surface area contributed by atoms with Crippen LogP contribution in [-0.4, -0.2) is 177 Å². The minimum atomic E-state index is -0.388. The van der Waals surface area contributed by atoms with Crippen LogP contribution in [0.3, 0.4) is 0 Å². The van der Waals surface area contributed by atoms with Crippen LogP contribution in [0, 0.1) is 11.8 Å². The molecule has 2 amide bonds. The molecule has 0 unspecified atom stereocenters. The second-order valence-electron chi connectivity index (χ2n) is 24.6. The highest BCUT2D eigenvalue weighted by Crippen LogP contribution is 2.39. The van der Waals surface area contributed by atoms with Crippen LogP contribution in [-0.2, 0) is 22.6 Å². The van der Waals surface area contributed by atoms with Gasteiger partial charge in [0.2, 0.25) is 0 Å². The highest BCUT2D eigenvalue weighted by molar-refractivity contribution is 6.00. The summed E-state index contributed by atoms with van der Waals surface area (Å²) in [5.74, 6) is 0.571. The molecule has 0 bridgehead atoms. The maximum atomic E-state index is 14.5. The van der Waals surface area contributed by atoms with Crippen molar-refractivity contribution >= 4 is 23.2 Å². The molecular weight excluding hydrogens is 1100 g/mol. The molecule has 16 nitrogen and oxygen atoms in total. The molecule has 2 N–H and O–H groups in total. The molecule has 14 rings (SSSR count). The number of benzene rings is 6. The van der Waals surface area contributed by atoms with Gasteiger partial charge in [0.1, 0.15) is 12.7 Å². The summed E-state index contributed by atoms with van der Waals surface area (Å²) >= 11 is 0. The van der Waals surface area contributed by atoms with Gasteiger partial charge in [-0.05, 0) is 97.9 Å². The van der Waals surface area contributed by atoms with Crippen molar-refractivity contribution < 1.29 is 29.3 Å². The second kappa shape index (κ2) is 27.6. The zero-order valence-electron chi connectivity index (χ0n) is 50.3. The van der Waals surface area contributed by atoms with Crippen LogP contribution in [0.15, 0.2) is 183 Å². The van der Waals surface area contributed by atoms with Gasteiger partial charge >= 0.3 is 0 Å². The number of nitrogens with zero attached hydrogens (tertiary/aromatic N) is 10. The summed E-state index contributed by atoms with van der Waals surface area (Å²) in [7, 11) is 0. The standard InChI is InChI=1S/2C36H41N5O3/c2*42-33(28-14-15-28)23-32-25-38(24-27-8-3-1-4-9-27)16-17-40(32)36(43)34-35(29-10-5-2-6-11-29)41(26-37-34)31-13-7-12-30(22-31)39-18-20-44-21-19-39/h2*1-13,22,26,28,32-33,42H,14-21,23-25H2/t32-,33+;32-,33-/m11/s1. The van der Waals surface area contributed by atoms with E-state index < -0.39 is 0 Å². The number of ether oxygens (including phenoxy) is 2. The molecule has 6 heterocycles. The van der Waals surface area contributed by atoms with Gasteiger partial charge in [0, 0.05) is 124 Å². The Kier molecular flexibility index (Phi) is 18.5. The summed E-state index contributed by atoms with van der Waals surface area (Å²) in [6.07, 6.45) is 8.26. The van der Waals surface area contributed by atoms with E-state index in [9.17, 15) is 19.8 Å². The van der Waals surface area contributed by atoms with Crippen LogP contribution in [0.2, 0.25) is 0 Å². The van der Waals surface area contributed by atoms with E-state index in [1.54, 1.807) is 12.7 Å². The topological polar surface area (TPSA) is 148 Å². The lowest BCUT2D eigenvalue weighted by Crippen LogP contribution is -2.56. The first-order valence-electron chi connectivity index (χ1n) is 31.9. The van der Waals surface area contributed by atoms with E-state index in [4.69, 9.17) is 19.4 Å². The second-order valence-corrected chi connectivity index (χ2v) is 24.6. The maximum absolute atomic E-state index is 14.5. The van der Waals surface area contributed by atoms with Crippen LogP contribution in [0.5, 0.6) is 0 Å². The first-order chi connectivity index (χ1) is 43.3. The average Bonchev–Trinajstić information content (AvgIpc) is 2.07. The first-order valence-corrected chi connectivity index (χ1v) is 31.9. The maximum Gasteiger partial charge on any atom is 0.275 e. The number of anilines is 2. The molecule has 0 spiro atoms. The molecule has 4 aliphatic heterocycles. The SMILES string of the molecule is O=C(c1ncn(-c2cccc(N3CCOCC3)c2)c1-c1ccccc1)N1CCN(Cc2ccccc2)C[C@H]1C[C@@H](O)C1CC1.O=C(c1ncn(-c2cccc(N3CCOCC3)c2)c1-c1ccccc1)N1CCN(Cc2ccccc2)C[C@H]1C[C@H](O)C1CC1.